The van der Waals surface area contributed by atoms with Gasteiger partial charge in [-0.25, -0.2) is 0 Å². The predicted molar refractivity (Wildman–Crippen MR) is 90.1 cm³/mol. The number of likely N-dealkylation sites (tertiary alicyclic amines) is 1. The maximum atomic E-state index is 12.5. The first-order valence-electron chi connectivity index (χ1n) is 8.08. The van der Waals surface area contributed by atoms with Crippen molar-refractivity contribution in [3.63, 3.8) is 0 Å². The van der Waals surface area contributed by atoms with E-state index in [2.05, 4.69) is 10.2 Å². The number of benzene rings is 1. The van der Waals surface area contributed by atoms with Crippen molar-refractivity contribution in [2.75, 3.05) is 13.1 Å². The highest BCUT2D eigenvalue weighted by Crippen LogP contribution is 2.27. The van der Waals surface area contributed by atoms with Crippen molar-refractivity contribution in [3.05, 3.63) is 30.3 Å². The van der Waals surface area contributed by atoms with Crippen LogP contribution < -0.4 is 0 Å². The van der Waals surface area contributed by atoms with Gasteiger partial charge in [0.15, 0.2) is 0 Å². The van der Waals surface area contributed by atoms with Crippen LogP contribution >= 0.6 is 11.8 Å². The summed E-state index contributed by atoms with van der Waals surface area (Å²) in [6.45, 7) is 3.63. The summed E-state index contributed by atoms with van der Waals surface area (Å²) in [7, 11) is 0. The summed E-state index contributed by atoms with van der Waals surface area (Å²) >= 11 is 1.34. The van der Waals surface area contributed by atoms with Crippen molar-refractivity contribution in [3.8, 4) is 11.5 Å². The molecule has 1 aliphatic heterocycles. The highest BCUT2D eigenvalue weighted by atomic mass is 32.2. The van der Waals surface area contributed by atoms with Crippen LogP contribution in [-0.4, -0.2) is 39.3 Å². The molecule has 6 heteroatoms. The molecule has 0 bridgehead atoms. The van der Waals surface area contributed by atoms with Gasteiger partial charge in [0.25, 0.3) is 5.22 Å². The average molecular weight is 331 g/mol. The van der Waals surface area contributed by atoms with Gasteiger partial charge in [-0.05, 0) is 31.9 Å². The van der Waals surface area contributed by atoms with Crippen LogP contribution in [-0.2, 0) is 4.79 Å². The molecular weight excluding hydrogens is 310 g/mol. The van der Waals surface area contributed by atoms with Gasteiger partial charge in [-0.15, -0.1) is 10.2 Å². The number of rotatable bonds is 4. The smallest absolute Gasteiger partial charge is 0.277 e. The third-order valence-corrected chi connectivity index (χ3v) is 4.89. The lowest BCUT2D eigenvalue weighted by Crippen LogP contribution is -2.37. The number of carbonyl (C=O) groups excluding carboxylic acids is 1. The van der Waals surface area contributed by atoms with Crippen LogP contribution in [0.1, 0.15) is 32.6 Å². The lowest BCUT2D eigenvalue weighted by molar-refractivity contribution is -0.130. The van der Waals surface area contributed by atoms with E-state index in [1.165, 1.54) is 24.6 Å². The molecule has 2 aromatic rings. The summed E-state index contributed by atoms with van der Waals surface area (Å²) in [5, 5.41) is 8.35. The molecule has 0 radical (unpaired) electrons. The van der Waals surface area contributed by atoms with Crippen LogP contribution in [0.2, 0.25) is 0 Å². The van der Waals surface area contributed by atoms with Crippen LogP contribution in [0.25, 0.3) is 11.5 Å². The zero-order chi connectivity index (χ0) is 16.1. The van der Waals surface area contributed by atoms with E-state index >= 15 is 0 Å². The zero-order valence-corrected chi connectivity index (χ0v) is 14.1. The molecule has 3 rings (SSSR count). The molecule has 0 aliphatic carbocycles. The summed E-state index contributed by atoms with van der Waals surface area (Å²) in [4.78, 5) is 14.5. The summed E-state index contributed by atoms with van der Waals surface area (Å²) in [5.74, 6) is 0.652. The Bertz CT molecular complexity index is 636. The van der Waals surface area contributed by atoms with Crippen LogP contribution in [0.5, 0.6) is 0 Å². The molecule has 0 N–H and O–H groups in total. The van der Waals surface area contributed by atoms with Gasteiger partial charge in [-0.3, -0.25) is 4.79 Å². The van der Waals surface area contributed by atoms with Crippen LogP contribution in [0, 0.1) is 0 Å². The third kappa shape index (κ3) is 4.13. The average Bonchev–Trinajstić information content (AvgIpc) is 2.88. The maximum absolute atomic E-state index is 12.5. The normalized spacial score (nSPS) is 16.8. The number of thioether (sulfide) groups is 1. The first-order chi connectivity index (χ1) is 11.2. The SMILES string of the molecule is CC(Sc1nnc(-c2ccccc2)o1)C(=O)N1CCCCCC1. The lowest BCUT2D eigenvalue weighted by atomic mass is 10.2. The molecule has 1 aromatic heterocycles. The Morgan fingerprint density at radius 3 is 2.52 bits per heavy atom. The van der Waals surface area contributed by atoms with Gasteiger partial charge in [0.1, 0.15) is 0 Å². The third-order valence-electron chi connectivity index (χ3n) is 3.97. The molecular formula is C17H21N3O2S. The minimum absolute atomic E-state index is 0.163. The van der Waals surface area contributed by atoms with Crippen molar-refractivity contribution < 1.29 is 9.21 Å². The quantitative estimate of drug-likeness (QED) is 0.801. The first kappa shape index (κ1) is 16.1. The molecule has 1 saturated heterocycles. The number of hydrogen-bond acceptors (Lipinski definition) is 5. The fraction of sp³-hybridized carbons (Fsp3) is 0.471. The van der Waals surface area contributed by atoms with Gasteiger partial charge in [0.05, 0.1) is 5.25 Å². The van der Waals surface area contributed by atoms with E-state index in [0.717, 1.165) is 31.5 Å². The van der Waals surface area contributed by atoms with E-state index < -0.39 is 0 Å². The molecule has 1 aromatic carbocycles. The highest BCUT2D eigenvalue weighted by molar-refractivity contribution is 8.00. The number of nitrogens with zero attached hydrogens (tertiary/aromatic N) is 3. The molecule has 122 valence electrons. The van der Waals surface area contributed by atoms with Crippen molar-refractivity contribution >= 4 is 17.7 Å². The Morgan fingerprint density at radius 1 is 1.13 bits per heavy atom. The van der Waals surface area contributed by atoms with Crippen LogP contribution in [0.15, 0.2) is 40.0 Å². The summed E-state index contributed by atoms with van der Waals surface area (Å²) in [6.07, 6.45) is 4.63. The van der Waals surface area contributed by atoms with E-state index in [4.69, 9.17) is 4.42 Å². The fourth-order valence-electron chi connectivity index (χ4n) is 2.70. The Labute approximate surface area is 140 Å². The van der Waals surface area contributed by atoms with Crippen molar-refractivity contribution in [1.29, 1.82) is 0 Å². The molecule has 1 aliphatic rings. The molecule has 0 saturated carbocycles. The molecule has 23 heavy (non-hydrogen) atoms. The van der Waals surface area contributed by atoms with Crippen LogP contribution in [0.4, 0.5) is 0 Å². The van der Waals surface area contributed by atoms with Gasteiger partial charge in [-0.2, -0.15) is 0 Å². The molecule has 2 heterocycles. The van der Waals surface area contributed by atoms with Gasteiger partial charge in [0.2, 0.25) is 11.8 Å². The summed E-state index contributed by atoms with van der Waals surface area (Å²) < 4.78 is 5.67. The van der Waals surface area contributed by atoms with E-state index in [9.17, 15) is 4.79 Å². The van der Waals surface area contributed by atoms with Gasteiger partial charge in [-0.1, -0.05) is 42.8 Å². The second-order valence-electron chi connectivity index (χ2n) is 5.74. The maximum Gasteiger partial charge on any atom is 0.277 e. The van der Waals surface area contributed by atoms with Crippen LogP contribution in [0.3, 0.4) is 0 Å². The van der Waals surface area contributed by atoms with E-state index in [0.29, 0.717) is 11.1 Å². The minimum Gasteiger partial charge on any atom is -0.411 e. The molecule has 5 nitrogen and oxygen atoms in total. The Kier molecular flexibility index (Phi) is 5.33. The van der Waals surface area contributed by atoms with E-state index in [1.54, 1.807) is 0 Å². The van der Waals surface area contributed by atoms with E-state index in [-0.39, 0.29) is 11.2 Å². The summed E-state index contributed by atoms with van der Waals surface area (Å²) in [6, 6.07) is 9.65. The summed E-state index contributed by atoms with van der Waals surface area (Å²) in [5.41, 5.74) is 0.887. The number of amides is 1. The fourth-order valence-corrected chi connectivity index (χ4v) is 3.47. The molecule has 0 spiro atoms. The molecule has 1 atom stereocenters. The van der Waals surface area contributed by atoms with E-state index in [1.807, 2.05) is 42.2 Å². The Balaban J connectivity index is 1.62. The largest absolute Gasteiger partial charge is 0.411 e. The second kappa shape index (κ2) is 7.64. The Morgan fingerprint density at radius 2 is 1.83 bits per heavy atom. The second-order valence-corrected chi connectivity index (χ2v) is 7.03. The van der Waals surface area contributed by atoms with Crippen molar-refractivity contribution in [2.45, 2.75) is 43.1 Å². The molecule has 1 amide bonds. The highest BCUT2D eigenvalue weighted by Gasteiger charge is 2.24. The monoisotopic (exact) mass is 331 g/mol. The van der Waals surface area contributed by atoms with Crippen molar-refractivity contribution in [1.82, 2.24) is 15.1 Å². The lowest BCUT2D eigenvalue weighted by Gasteiger charge is -2.23. The zero-order valence-electron chi connectivity index (χ0n) is 13.3. The van der Waals surface area contributed by atoms with Gasteiger partial charge >= 0.3 is 0 Å². The minimum atomic E-state index is -0.211. The van der Waals surface area contributed by atoms with Crippen molar-refractivity contribution in [2.24, 2.45) is 0 Å². The first-order valence-corrected chi connectivity index (χ1v) is 8.96. The predicted octanol–water partition coefficient (Wildman–Crippen LogP) is 3.62. The Hall–Kier alpha value is -1.82. The standard InChI is InChI=1S/C17H21N3O2S/c1-13(16(21)20-11-7-2-3-8-12-20)23-17-19-18-15(22-17)14-9-5-4-6-10-14/h4-6,9-10,13H,2-3,7-8,11-12H2,1H3. The van der Waals surface area contributed by atoms with Gasteiger partial charge in [0, 0.05) is 18.7 Å². The molecule has 1 unspecified atom stereocenters. The topological polar surface area (TPSA) is 59.2 Å². The molecule has 1 fully saturated rings. The number of hydrogen-bond donors (Lipinski definition) is 0. The van der Waals surface area contributed by atoms with Gasteiger partial charge < -0.3 is 9.32 Å². The number of aromatic nitrogens is 2. The number of carbonyl (C=O) groups is 1.